The van der Waals surface area contributed by atoms with Crippen molar-refractivity contribution in [3.05, 3.63) is 93.8 Å². The number of thiophene rings is 1. The number of benzene rings is 2. The Morgan fingerprint density at radius 3 is 2.69 bits per heavy atom. The van der Waals surface area contributed by atoms with Crippen LogP contribution in [0.15, 0.2) is 72.2 Å². The van der Waals surface area contributed by atoms with E-state index in [4.69, 9.17) is 0 Å². The lowest BCUT2D eigenvalue weighted by atomic mass is 10.0. The Hall–Kier alpha value is -2.85. The van der Waals surface area contributed by atoms with Gasteiger partial charge in [0.05, 0.1) is 6.04 Å². The minimum atomic E-state index is -0.126. The van der Waals surface area contributed by atoms with E-state index in [1.165, 1.54) is 0 Å². The highest BCUT2D eigenvalue weighted by molar-refractivity contribution is 7.10. The average molecular weight is 360 g/mol. The third kappa shape index (κ3) is 2.93. The SMILES string of the molecule is Cc1cccc(C(=O)N(C)[C@@H](c2cccs2)c2c[nH]c3ccccc23)c1. The summed E-state index contributed by atoms with van der Waals surface area (Å²) >= 11 is 1.67. The Balaban J connectivity index is 1.80. The lowest BCUT2D eigenvalue weighted by molar-refractivity contribution is 0.0758. The van der Waals surface area contributed by atoms with Crippen LogP contribution in [0.25, 0.3) is 10.9 Å². The summed E-state index contributed by atoms with van der Waals surface area (Å²) in [7, 11) is 1.89. The Labute approximate surface area is 156 Å². The number of H-pyrrole nitrogens is 1. The molecular formula is C22H20N2OS. The first-order chi connectivity index (χ1) is 12.6. The van der Waals surface area contributed by atoms with Gasteiger partial charge in [-0.1, -0.05) is 42.0 Å². The van der Waals surface area contributed by atoms with Crippen LogP contribution in [0.3, 0.4) is 0 Å². The normalized spacial score (nSPS) is 12.2. The van der Waals surface area contributed by atoms with Crippen molar-refractivity contribution >= 4 is 28.1 Å². The molecule has 26 heavy (non-hydrogen) atoms. The molecule has 4 rings (SSSR count). The van der Waals surface area contributed by atoms with Gasteiger partial charge in [0.2, 0.25) is 0 Å². The smallest absolute Gasteiger partial charge is 0.254 e. The molecule has 0 aliphatic rings. The van der Waals surface area contributed by atoms with Gasteiger partial charge in [0.15, 0.2) is 0 Å². The lowest BCUT2D eigenvalue weighted by Crippen LogP contribution is -2.31. The first kappa shape index (κ1) is 16.6. The molecule has 0 bridgehead atoms. The number of fused-ring (bicyclic) bond motifs is 1. The monoisotopic (exact) mass is 360 g/mol. The number of para-hydroxylation sites is 1. The zero-order chi connectivity index (χ0) is 18.1. The van der Waals surface area contributed by atoms with Crippen molar-refractivity contribution in [2.75, 3.05) is 7.05 Å². The van der Waals surface area contributed by atoms with Gasteiger partial charge in [-0.15, -0.1) is 11.3 Å². The Kier molecular flexibility index (Phi) is 4.35. The van der Waals surface area contributed by atoms with Crippen LogP contribution in [0.1, 0.15) is 32.4 Å². The van der Waals surface area contributed by atoms with Gasteiger partial charge in [-0.2, -0.15) is 0 Å². The molecule has 2 aromatic heterocycles. The number of rotatable bonds is 4. The predicted molar refractivity (Wildman–Crippen MR) is 108 cm³/mol. The molecule has 0 aliphatic carbocycles. The summed E-state index contributed by atoms with van der Waals surface area (Å²) in [5.74, 6) is 0.0254. The molecular weight excluding hydrogens is 340 g/mol. The second-order valence-corrected chi connectivity index (χ2v) is 7.47. The van der Waals surface area contributed by atoms with E-state index in [0.29, 0.717) is 5.56 Å². The minimum Gasteiger partial charge on any atom is -0.361 e. The molecule has 4 aromatic rings. The third-order valence-corrected chi connectivity index (χ3v) is 5.63. The number of nitrogens with one attached hydrogen (secondary N) is 1. The molecule has 1 amide bonds. The number of carbonyl (C=O) groups excluding carboxylic acids is 1. The van der Waals surface area contributed by atoms with E-state index in [0.717, 1.165) is 26.9 Å². The van der Waals surface area contributed by atoms with E-state index in [9.17, 15) is 4.79 Å². The van der Waals surface area contributed by atoms with Gasteiger partial charge in [-0.05, 0) is 36.6 Å². The van der Waals surface area contributed by atoms with Gasteiger partial charge in [0.25, 0.3) is 5.91 Å². The zero-order valence-electron chi connectivity index (χ0n) is 14.8. The van der Waals surface area contributed by atoms with E-state index >= 15 is 0 Å². The van der Waals surface area contributed by atoms with Gasteiger partial charge < -0.3 is 9.88 Å². The number of amides is 1. The molecule has 0 spiro atoms. The Bertz CT molecular complexity index is 1050. The quantitative estimate of drug-likeness (QED) is 0.520. The van der Waals surface area contributed by atoms with Crippen molar-refractivity contribution in [1.82, 2.24) is 9.88 Å². The number of carbonyl (C=O) groups is 1. The van der Waals surface area contributed by atoms with Crippen LogP contribution < -0.4 is 0 Å². The first-order valence-corrected chi connectivity index (χ1v) is 9.46. The molecule has 0 saturated heterocycles. The molecule has 0 radical (unpaired) electrons. The maximum absolute atomic E-state index is 13.2. The maximum Gasteiger partial charge on any atom is 0.254 e. The van der Waals surface area contributed by atoms with Crippen molar-refractivity contribution in [2.24, 2.45) is 0 Å². The van der Waals surface area contributed by atoms with E-state index in [1.807, 2.05) is 67.5 Å². The molecule has 4 heteroatoms. The molecule has 3 nitrogen and oxygen atoms in total. The fourth-order valence-electron chi connectivity index (χ4n) is 3.42. The Morgan fingerprint density at radius 1 is 1.08 bits per heavy atom. The highest BCUT2D eigenvalue weighted by Crippen LogP contribution is 2.35. The van der Waals surface area contributed by atoms with E-state index in [-0.39, 0.29) is 11.9 Å². The van der Waals surface area contributed by atoms with Crippen LogP contribution in [-0.4, -0.2) is 22.8 Å². The van der Waals surface area contributed by atoms with Crippen LogP contribution in [0.2, 0.25) is 0 Å². The van der Waals surface area contributed by atoms with E-state index in [1.54, 1.807) is 11.3 Å². The molecule has 0 fully saturated rings. The summed E-state index contributed by atoms with van der Waals surface area (Å²) in [6, 6.07) is 20.0. The topological polar surface area (TPSA) is 36.1 Å². The predicted octanol–water partition coefficient (Wildman–Crippen LogP) is 5.40. The summed E-state index contributed by atoms with van der Waals surface area (Å²) < 4.78 is 0. The van der Waals surface area contributed by atoms with Gasteiger partial charge in [-0.3, -0.25) is 4.79 Å². The third-order valence-electron chi connectivity index (χ3n) is 4.70. The van der Waals surface area contributed by atoms with Gasteiger partial charge in [-0.25, -0.2) is 0 Å². The molecule has 0 unspecified atom stereocenters. The summed E-state index contributed by atoms with van der Waals surface area (Å²) in [6.45, 7) is 2.01. The number of nitrogens with zero attached hydrogens (tertiary/aromatic N) is 1. The van der Waals surface area contributed by atoms with Gasteiger partial charge in [0.1, 0.15) is 0 Å². The maximum atomic E-state index is 13.2. The highest BCUT2D eigenvalue weighted by Gasteiger charge is 2.27. The van der Waals surface area contributed by atoms with E-state index in [2.05, 4.69) is 28.6 Å². The highest BCUT2D eigenvalue weighted by atomic mass is 32.1. The first-order valence-electron chi connectivity index (χ1n) is 8.58. The minimum absolute atomic E-state index is 0.0254. The van der Waals surface area contributed by atoms with Gasteiger partial charge in [0, 0.05) is 40.2 Å². The van der Waals surface area contributed by atoms with Crippen molar-refractivity contribution in [3.8, 4) is 0 Å². The summed E-state index contributed by atoms with van der Waals surface area (Å²) in [5.41, 5.74) is 4.00. The zero-order valence-corrected chi connectivity index (χ0v) is 15.6. The van der Waals surface area contributed by atoms with Gasteiger partial charge >= 0.3 is 0 Å². The van der Waals surface area contributed by atoms with Crippen LogP contribution in [0, 0.1) is 6.92 Å². The lowest BCUT2D eigenvalue weighted by Gasteiger charge is -2.28. The molecule has 0 saturated carbocycles. The fraction of sp³-hybridized carbons (Fsp3) is 0.136. The number of hydrogen-bond acceptors (Lipinski definition) is 2. The van der Waals surface area contributed by atoms with Crippen LogP contribution in [0.5, 0.6) is 0 Å². The molecule has 130 valence electrons. The van der Waals surface area contributed by atoms with Crippen LogP contribution in [0.4, 0.5) is 0 Å². The number of aromatic nitrogens is 1. The molecule has 2 heterocycles. The average Bonchev–Trinajstić information content (AvgIpc) is 3.32. The molecule has 1 N–H and O–H groups in total. The van der Waals surface area contributed by atoms with Crippen LogP contribution in [-0.2, 0) is 0 Å². The standard InChI is InChI=1S/C22H20N2OS/c1-15-7-5-8-16(13-15)22(25)24(2)21(20-11-6-12-26-20)18-14-23-19-10-4-3-9-17(18)19/h3-14,21,23H,1-2H3/t21-/m1/s1. The molecule has 2 aromatic carbocycles. The largest absolute Gasteiger partial charge is 0.361 e. The second kappa shape index (κ2) is 6.81. The second-order valence-electron chi connectivity index (χ2n) is 6.49. The van der Waals surface area contributed by atoms with Crippen molar-refractivity contribution in [3.63, 3.8) is 0 Å². The summed E-state index contributed by atoms with van der Waals surface area (Å²) in [4.78, 5) is 19.5. The molecule has 1 atom stereocenters. The van der Waals surface area contributed by atoms with Crippen molar-refractivity contribution in [2.45, 2.75) is 13.0 Å². The number of aromatic amines is 1. The number of hydrogen-bond donors (Lipinski definition) is 1. The van der Waals surface area contributed by atoms with E-state index < -0.39 is 0 Å². The van der Waals surface area contributed by atoms with Crippen molar-refractivity contribution < 1.29 is 4.79 Å². The number of aryl methyl sites for hydroxylation is 1. The summed E-state index contributed by atoms with van der Waals surface area (Å²) in [6.07, 6.45) is 2.02. The summed E-state index contributed by atoms with van der Waals surface area (Å²) in [5, 5.41) is 3.21. The van der Waals surface area contributed by atoms with Crippen LogP contribution >= 0.6 is 11.3 Å². The van der Waals surface area contributed by atoms with Crippen molar-refractivity contribution in [1.29, 1.82) is 0 Å². The Morgan fingerprint density at radius 2 is 1.92 bits per heavy atom. The molecule has 0 aliphatic heterocycles. The fourth-order valence-corrected chi connectivity index (χ4v) is 4.30.